The van der Waals surface area contributed by atoms with Gasteiger partial charge in [-0.05, 0) is 55.3 Å². The van der Waals surface area contributed by atoms with Gasteiger partial charge in [-0.25, -0.2) is 4.98 Å². The number of halogens is 1. The Bertz CT molecular complexity index is 1310. The molecule has 0 atom stereocenters. The van der Waals surface area contributed by atoms with Crippen LogP contribution in [-0.4, -0.2) is 15.3 Å². The molecule has 0 radical (unpaired) electrons. The molecule has 0 bridgehead atoms. The molecule has 144 valence electrons. The maximum absolute atomic E-state index is 13.5. The number of rotatable bonds is 4. The topological polar surface area (TPSA) is 52.0 Å². The summed E-state index contributed by atoms with van der Waals surface area (Å²) in [7, 11) is 0. The van der Waals surface area contributed by atoms with E-state index < -0.39 is 5.95 Å². The van der Waals surface area contributed by atoms with Crippen LogP contribution in [0.25, 0.3) is 10.9 Å². The molecule has 4 aromatic rings. The average molecular weight is 386 g/mol. The standard InChI is InChI=1S/C24H19FN2O2/c1-15-10-11-17(12-16(15)2)23(28)20-14-27(13-18-6-5-9-22(25)26-18)21-8-4-3-7-19(21)24(20)29/h3-12,14H,13H2,1-2H3. The molecule has 0 amide bonds. The fourth-order valence-corrected chi connectivity index (χ4v) is 3.39. The number of aromatic nitrogens is 2. The maximum atomic E-state index is 13.5. The van der Waals surface area contributed by atoms with E-state index in [4.69, 9.17) is 0 Å². The zero-order chi connectivity index (χ0) is 20.5. The van der Waals surface area contributed by atoms with Crippen LogP contribution in [0.2, 0.25) is 0 Å². The van der Waals surface area contributed by atoms with Crippen molar-refractivity contribution in [1.29, 1.82) is 0 Å². The van der Waals surface area contributed by atoms with Gasteiger partial charge >= 0.3 is 0 Å². The number of benzene rings is 2. The molecule has 0 aliphatic heterocycles. The van der Waals surface area contributed by atoms with E-state index in [2.05, 4.69) is 4.98 Å². The van der Waals surface area contributed by atoms with E-state index >= 15 is 0 Å². The number of fused-ring (bicyclic) bond motifs is 1. The summed E-state index contributed by atoms with van der Waals surface area (Å²) >= 11 is 0. The first-order valence-corrected chi connectivity index (χ1v) is 9.29. The highest BCUT2D eigenvalue weighted by Gasteiger charge is 2.18. The van der Waals surface area contributed by atoms with Crippen molar-refractivity contribution in [3.05, 3.63) is 111 Å². The second kappa shape index (κ2) is 7.43. The number of hydrogen-bond donors (Lipinski definition) is 0. The largest absolute Gasteiger partial charge is 0.340 e. The maximum Gasteiger partial charge on any atom is 0.213 e. The third kappa shape index (κ3) is 3.59. The number of para-hydroxylation sites is 1. The van der Waals surface area contributed by atoms with Gasteiger partial charge in [0.15, 0.2) is 5.78 Å². The Labute approximate surface area is 167 Å². The molecule has 2 aromatic heterocycles. The van der Waals surface area contributed by atoms with Gasteiger partial charge in [0.1, 0.15) is 0 Å². The zero-order valence-corrected chi connectivity index (χ0v) is 16.1. The van der Waals surface area contributed by atoms with Crippen molar-refractivity contribution in [2.24, 2.45) is 0 Å². The van der Waals surface area contributed by atoms with E-state index in [0.29, 0.717) is 22.2 Å². The quantitative estimate of drug-likeness (QED) is 0.385. The van der Waals surface area contributed by atoms with Crippen LogP contribution >= 0.6 is 0 Å². The monoisotopic (exact) mass is 386 g/mol. The predicted octanol–water partition coefficient (Wildman–Crippen LogP) is 4.43. The van der Waals surface area contributed by atoms with Crippen molar-refractivity contribution < 1.29 is 9.18 Å². The number of ketones is 1. The summed E-state index contributed by atoms with van der Waals surface area (Å²) in [6.07, 6.45) is 1.55. The van der Waals surface area contributed by atoms with Crippen LogP contribution in [0.3, 0.4) is 0 Å². The van der Waals surface area contributed by atoms with E-state index in [1.165, 1.54) is 6.07 Å². The Morgan fingerprint density at radius 1 is 1.00 bits per heavy atom. The summed E-state index contributed by atoms with van der Waals surface area (Å²) in [6, 6.07) is 17.1. The summed E-state index contributed by atoms with van der Waals surface area (Å²) in [5.41, 5.74) is 3.48. The number of carbonyl (C=O) groups excluding carboxylic acids is 1. The van der Waals surface area contributed by atoms with E-state index in [0.717, 1.165) is 11.1 Å². The molecule has 4 nitrogen and oxygen atoms in total. The smallest absolute Gasteiger partial charge is 0.213 e. The predicted molar refractivity (Wildman–Crippen MR) is 111 cm³/mol. The SMILES string of the molecule is Cc1ccc(C(=O)c2cn(Cc3cccc(F)n3)c3ccccc3c2=O)cc1C. The minimum atomic E-state index is -0.570. The van der Waals surface area contributed by atoms with Crippen molar-refractivity contribution in [1.82, 2.24) is 9.55 Å². The summed E-state index contributed by atoms with van der Waals surface area (Å²) < 4.78 is 15.3. The molecule has 0 fully saturated rings. The van der Waals surface area contributed by atoms with Gasteiger partial charge in [0.2, 0.25) is 11.4 Å². The fourth-order valence-electron chi connectivity index (χ4n) is 3.39. The highest BCUT2D eigenvalue weighted by molar-refractivity contribution is 6.10. The van der Waals surface area contributed by atoms with Gasteiger partial charge in [-0.3, -0.25) is 9.59 Å². The minimum absolute atomic E-state index is 0.0864. The average Bonchev–Trinajstić information content (AvgIpc) is 2.72. The number of nitrogens with zero attached hydrogens (tertiary/aromatic N) is 2. The number of aryl methyl sites for hydroxylation is 2. The van der Waals surface area contributed by atoms with Gasteiger partial charge in [-0.15, -0.1) is 0 Å². The highest BCUT2D eigenvalue weighted by Crippen LogP contribution is 2.17. The Morgan fingerprint density at radius 3 is 2.55 bits per heavy atom. The lowest BCUT2D eigenvalue weighted by Gasteiger charge is -2.13. The van der Waals surface area contributed by atoms with Crippen molar-refractivity contribution in [3.8, 4) is 0 Å². The lowest BCUT2D eigenvalue weighted by atomic mass is 9.99. The Balaban J connectivity index is 1.88. The molecule has 0 saturated carbocycles. The van der Waals surface area contributed by atoms with Crippen molar-refractivity contribution in [2.45, 2.75) is 20.4 Å². The molecule has 0 aliphatic carbocycles. The Hall–Kier alpha value is -3.60. The third-order valence-corrected chi connectivity index (χ3v) is 5.11. The van der Waals surface area contributed by atoms with Gasteiger partial charge in [-0.1, -0.05) is 30.3 Å². The Morgan fingerprint density at radius 2 is 1.79 bits per heavy atom. The zero-order valence-electron chi connectivity index (χ0n) is 16.1. The molecule has 0 unspecified atom stereocenters. The van der Waals surface area contributed by atoms with Gasteiger partial charge in [0.05, 0.1) is 23.3 Å². The number of pyridine rings is 2. The van der Waals surface area contributed by atoms with E-state index in [1.54, 1.807) is 53.2 Å². The van der Waals surface area contributed by atoms with Gasteiger partial charge in [0.25, 0.3) is 0 Å². The lowest BCUT2D eigenvalue weighted by molar-refractivity contribution is 0.103. The molecule has 0 aliphatic rings. The second-order valence-electron chi connectivity index (χ2n) is 7.10. The fraction of sp³-hybridized carbons (Fsp3) is 0.125. The van der Waals surface area contributed by atoms with Crippen LogP contribution in [0, 0.1) is 19.8 Å². The van der Waals surface area contributed by atoms with E-state index in [1.807, 2.05) is 26.0 Å². The van der Waals surface area contributed by atoms with Crippen LogP contribution in [0.4, 0.5) is 4.39 Å². The molecule has 4 rings (SSSR count). The van der Waals surface area contributed by atoms with Crippen LogP contribution in [0.1, 0.15) is 32.7 Å². The van der Waals surface area contributed by atoms with Crippen LogP contribution in [0.5, 0.6) is 0 Å². The second-order valence-corrected chi connectivity index (χ2v) is 7.10. The molecule has 2 heterocycles. The molecular formula is C24H19FN2O2. The summed E-state index contributed by atoms with van der Waals surface area (Å²) in [4.78, 5) is 30.1. The Kier molecular flexibility index (Phi) is 4.80. The van der Waals surface area contributed by atoms with Gasteiger partial charge in [-0.2, -0.15) is 4.39 Å². The van der Waals surface area contributed by atoms with Crippen LogP contribution in [0.15, 0.2) is 71.7 Å². The van der Waals surface area contributed by atoms with Gasteiger partial charge in [0, 0.05) is 17.1 Å². The molecule has 0 N–H and O–H groups in total. The first kappa shape index (κ1) is 18.7. The number of carbonyl (C=O) groups is 1. The summed E-state index contributed by atoms with van der Waals surface area (Å²) in [5, 5.41) is 0.443. The van der Waals surface area contributed by atoms with E-state index in [9.17, 15) is 14.0 Å². The first-order chi connectivity index (χ1) is 13.9. The molecule has 0 spiro atoms. The van der Waals surface area contributed by atoms with Crippen molar-refractivity contribution in [2.75, 3.05) is 0 Å². The van der Waals surface area contributed by atoms with Crippen LogP contribution in [-0.2, 0) is 6.54 Å². The number of hydrogen-bond acceptors (Lipinski definition) is 3. The molecule has 29 heavy (non-hydrogen) atoms. The lowest BCUT2D eigenvalue weighted by Crippen LogP contribution is -2.20. The molecule has 0 saturated heterocycles. The summed E-state index contributed by atoms with van der Waals surface area (Å²) in [5.74, 6) is -0.899. The molecule has 2 aromatic carbocycles. The summed E-state index contributed by atoms with van der Waals surface area (Å²) in [6.45, 7) is 4.14. The molecular weight excluding hydrogens is 367 g/mol. The third-order valence-electron chi connectivity index (χ3n) is 5.11. The molecule has 5 heteroatoms. The first-order valence-electron chi connectivity index (χ1n) is 9.29. The van der Waals surface area contributed by atoms with Crippen LogP contribution < -0.4 is 5.43 Å². The highest BCUT2D eigenvalue weighted by atomic mass is 19.1. The van der Waals surface area contributed by atoms with Crippen molar-refractivity contribution in [3.63, 3.8) is 0 Å². The minimum Gasteiger partial charge on any atom is -0.340 e. The normalized spacial score (nSPS) is 11.0. The van der Waals surface area contributed by atoms with Gasteiger partial charge < -0.3 is 4.57 Å². The van der Waals surface area contributed by atoms with E-state index in [-0.39, 0.29) is 23.3 Å². The van der Waals surface area contributed by atoms with Crippen molar-refractivity contribution >= 4 is 16.7 Å².